The van der Waals surface area contributed by atoms with Gasteiger partial charge in [-0.1, -0.05) is 13.8 Å². The summed E-state index contributed by atoms with van der Waals surface area (Å²) in [6.07, 6.45) is -4.44. The van der Waals surface area contributed by atoms with Gasteiger partial charge >= 0.3 is 6.18 Å². The molecule has 0 N–H and O–H groups in total. The summed E-state index contributed by atoms with van der Waals surface area (Å²) in [5.41, 5.74) is -0.105. The normalized spacial score (nSPS) is 11.5. The van der Waals surface area contributed by atoms with Crippen LogP contribution in [0.15, 0.2) is 42.5 Å². The minimum absolute atomic E-state index is 0.156. The second-order valence-corrected chi connectivity index (χ2v) is 6.65. The summed E-state index contributed by atoms with van der Waals surface area (Å²) in [5, 5.41) is 0. The second kappa shape index (κ2) is 10.3. The Bertz CT molecular complexity index is 835. The van der Waals surface area contributed by atoms with Crippen molar-refractivity contribution >= 4 is 11.6 Å². The average Bonchev–Trinajstić information content (AvgIpc) is 2.75. The number of nitrogens with zero attached hydrogens (tertiary/aromatic N) is 2. The van der Waals surface area contributed by atoms with Crippen molar-refractivity contribution in [3.63, 3.8) is 0 Å². The Labute approximate surface area is 175 Å². The fourth-order valence-corrected chi connectivity index (χ4v) is 2.92. The molecular weight excluding hydrogens is 397 g/mol. The first kappa shape index (κ1) is 23.5. The minimum Gasteiger partial charge on any atom is -0.493 e. The SMILES string of the molecule is CCN(CC)CCOc1ccc(N(C)C(=O)c2ccc(C(F)(F)F)cc2)cc1OC. The van der Waals surface area contributed by atoms with Crippen molar-refractivity contribution in [2.24, 2.45) is 0 Å². The molecule has 8 heteroatoms. The monoisotopic (exact) mass is 424 g/mol. The van der Waals surface area contributed by atoms with Crippen LogP contribution in [0.5, 0.6) is 11.5 Å². The summed E-state index contributed by atoms with van der Waals surface area (Å²) in [5.74, 6) is 0.601. The third-order valence-corrected chi connectivity index (χ3v) is 4.86. The maximum absolute atomic E-state index is 12.7. The van der Waals surface area contributed by atoms with Crippen LogP contribution >= 0.6 is 0 Å². The zero-order valence-corrected chi connectivity index (χ0v) is 17.6. The molecule has 30 heavy (non-hydrogen) atoms. The highest BCUT2D eigenvalue weighted by Gasteiger charge is 2.30. The van der Waals surface area contributed by atoms with Crippen molar-refractivity contribution < 1.29 is 27.4 Å². The second-order valence-electron chi connectivity index (χ2n) is 6.65. The highest BCUT2D eigenvalue weighted by atomic mass is 19.4. The van der Waals surface area contributed by atoms with E-state index in [1.54, 1.807) is 25.2 Å². The summed E-state index contributed by atoms with van der Waals surface area (Å²) in [4.78, 5) is 16.3. The Morgan fingerprint density at radius 3 is 2.17 bits per heavy atom. The fourth-order valence-electron chi connectivity index (χ4n) is 2.92. The van der Waals surface area contributed by atoms with Crippen molar-refractivity contribution in [3.8, 4) is 11.5 Å². The molecule has 0 aliphatic rings. The predicted molar refractivity (Wildman–Crippen MR) is 110 cm³/mol. The highest BCUT2D eigenvalue weighted by molar-refractivity contribution is 6.05. The summed E-state index contributed by atoms with van der Waals surface area (Å²) < 4.78 is 49.3. The number of halogens is 3. The van der Waals surface area contributed by atoms with Gasteiger partial charge in [-0.25, -0.2) is 0 Å². The number of ether oxygens (including phenoxy) is 2. The van der Waals surface area contributed by atoms with Gasteiger partial charge in [0.1, 0.15) is 6.61 Å². The van der Waals surface area contributed by atoms with Gasteiger partial charge in [-0.2, -0.15) is 13.2 Å². The van der Waals surface area contributed by atoms with E-state index in [0.717, 1.165) is 31.8 Å². The van der Waals surface area contributed by atoms with E-state index in [2.05, 4.69) is 18.7 Å². The van der Waals surface area contributed by atoms with Gasteiger partial charge in [0.05, 0.1) is 12.7 Å². The fraction of sp³-hybridized carbons (Fsp3) is 0.409. The van der Waals surface area contributed by atoms with Crippen molar-refractivity contribution in [3.05, 3.63) is 53.6 Å². The third kappa shape index (κ3) is 5.89. The molecule has 0 saturated carbocycles. The number of benzene rings is 2. The van der Waals surface area contributed by atoms with Crippen LogP contribution in [0.1, 0.15) is 29.8 Å². The van der Waals surface area contributed by atoms with E-state index < -0.39 is 17.6 Å². The van der Waals surface area contributed by atoms with E-state index in [9.17, 15) is 18.0 Å². The molecule has 0 spiro atoms. The number of methoxy groups -OCH3 is 1. The summed E-state index contributed by atoms with van der Waals surface area (Å²) in [6.45, 7) is 7.33. The standard InChI is InChI=1S/C22H27F3N2O3/c1-5-27(6-2)13-14-30-19-12-11-18(15-20(19)29-4)26(3)21(28)16-7-9-17(10-8-16)22(23,24)25/h7-12,15H,5-6,13-14H2,1-4H3. The number of amides is 1. The molecule has 2 rings (SSSR count). The van der Waals surface area contributed by atoms with E-state index >= 15 is 0 Å². The average molecular weight is 424 g/mol. The van der Waals surface area contributed by atoms with Crippen LogP contribution in [0.4, 0.5) is 18.9 Å². The van der Waals surface area contributed by atoms with Crippen molar-refractivity contribution in [1.29, 1.82) is 0 Å². The minimum atomic E-state index is -4.44. The van der Waals surface area contributed by atoms with E-state index in [1.807, 2.05) is 0 Å². The van der Waals surface area contributed by atoms with Crippen LogP contribution < -0.4 is 14.4 Å². The first-order valence-corrected chi connectivity index (χ1v) is 9.69. The Balaban J connectivity index is 2.11. The summed E-state index contributed by atoms with van der Waals surface area (Å²) >= 11 is 0. The number of carbonyl (C=O) groups excluding carboxylic acids is 1. The van der Waals surface area contributed by atoms with E-state index in [1.165, 1.54) is 24.1 Å². The zero-order valence-electron chi connectivity index (χ0n) is 17.6. The molecule has 0 heterocycles. The number of hydrogen-bond acceptors (Lipinski definition) is 4. The molecule has 5 nitrogen and oxygen atoms in total. The van der Waals surface area contributed by atoms with Gasteiger partial charge in [0.15, 0.2) is 11.5 Å². The molecule has 1 amide bonds. The van der Waals surface area contributed by atoms with Gasteiger partial charge in [-0.15, -0.1) is 0 Å². The van der Waals surface area contributed by atoms with Gasteiger partial charge < -0.3 is 19.3 Å². The molecule has 0 radical (unpaired) electrons. The van der Waals surface area contributed by atoms with Crippen LogP contribution in [0.3, 0.4) is 0 Å². The number of alkyl halides is 3. The maximum atomic E-state index is 12.7. The maximum Gasteiger partial charge on any atom is 0.416 e. The summed E-state index contributed by atoms with van der Waals surface area (Å²) in [7, 11) is 3.06. The number of anilines is 1. The van der Waals surface area contributed by atoms with Crippen LogP contribution in [0.2, 0.25) is 0 Å². The van der Waals surface area contributed by atoms with Crippen LogP contribution in [0.25, 0.3) is 0 Å². The van der Waals surface area contributed by atoms with Crippen LogP contribution in [-0.4, -0.2) is 51.2 Å². The number of rotatable bonds is 9. The molecule has 0 aliphatic carbocycles. The smallest absolute Gasteiger partial charge is 0.416 e. The number of likely N-dealkylation sites (N-methyl/N-ethyl adjacent to an activating group) is 1. The Morgan fingerprint density at radius 1 is 1.00 bits per heavy atom. The van der Waals surface area contributed by atoms with Crippen molar-refractivity contribution in [1.82, 2.24) is 4.90 Å². The van der Waals surface area contributed by atoms with E-state index in [-0.39, 0.29) is 5.56 Å². The van der Waals surface area contributed by atoms with E-state index in [4.69, 9.17) is 9.47 Å². The largest absolute Gasteiger partial charge is 0.493 e. The highest BCUT2D eigenvalue weighted by Crippen LogP contribution is 2.33. The van der Waals surface area contributed by atoms with E-state index in [0.29, 0.717) is 23.8 Å². The molecule has 2 aromatic rings. The zero-order chi connectivity index (χ0) is 22.3. The van der Waals surface area contributed by atoms with Gasteiger partial charge in [-0.05, 0) is 49.5 Å². The molecule has 0 saturated heterocycles. The molecular formula is C22H27F3N2O3. The Kier molecular flexibility index (Phi) is 8.11. The lowest BCUT2D eigenvalue weighted by Crippen LogP contribution is -2.28. The van der Waals surface area contributed by atoms with Gasteiger partial charge in [0.25, 0.3) is 5.91 Å². The topological polar surface area (TPSA) is 42.0 Å². The van der Waals surface area contributed by atoms with Gasteiger partial charge in [0, 0.05) is 30.9 Å². The lowest BCUT2D eigenvalue weighted by atomic mass is 10.1. The van der Waals surface area contributed by atoms with Crippen molar-refractivity contribution in [2.75, 3.05) is 45.3 Å². The van der Waals surface area contributed by atoms with Crippen LogP contribution in [0, 0.1) is 0 Å². The Hall–Kier alpha value is -2.74. The molecule has 0 unspecified atom stereocenters. The van der Waals surface area contributed by atoms with Gasteiger partial charge in [-0.3, -0.25) is 4.79 Å². The summed E-state index contributed by atoms with van der Waals surface area (Å²) in [6, 6.07) is 9.22. The van der Waals surface area contributed by atoms with Crippen LogP contribution in [-0.2, 0) is 6.18 Å². The molecule has 0 fully saturated rings. The number of carbonyl (C=O) groups is 1. The van der Waals surface area contributed by atoms with Gasteiger partial charge in [0.2, 0.25) is 0 Å². The van der Waals surface area contributed by atoms with Crippen molar-refractivity contribution in [2.45, 2.75) is 20.0 Å². The lowest BCUT2D eigenvalue weighted by molar-refractivity contribution is -0.137. The molecule has 0 atom stereocenters. The predicted octanol–water partition coefficient (Wildman–Crippen LogP) is 4.71. The molecule has 0 aromatic heterocycles. The third-order valence-electron chi connectivity index (χ3n) is 4.86. The first-order chi connectivity index (χ1) is 14.2. The quantitative estimate of drug-likeness (QED) is 0.585. The molecule has 0 aliphatic heterocycles. The Morgan fingerprint density at radius 2 is 1.63 bits per heavy atom. The molecule has 0 bridgehead atoms. The molecule has 2 aromatic carbocycles. The first-order valence-electron chi connectivity index (χ1n) is 9.69. The lowest BCUT2D eigenvalue weighted by Gasteiger charge is -2.21. The number of hydrogen-bond donors (Lipinski definition) is 0. The molecule has 164 valence electrons.